The van der Waals surface area contributed by atoms with E-state index in [0.29, 0.717) is 38.8 Å². The van der Waals surface area contributed by atoms with Gasteiger partial charge < -0.3 is 5.32 Å². The van der Waals surface area contributed by atoms with Gasteiger partial charge in [0.1, 0.15) is 17.5 Å². The maximum absolute atomic E-state index is 13.9. The Hall–Kier alpha value is -3.23. The number of aromatic nitrogens is 4. The Kier molecular flexibility index (Phi) is 6.01. The number of nitrogens with one attached hydrogen (secondary N) is 1. The van der Waals surface area contributed by atoms with E-state index in [1.54, 1.807) is 24.3 Å². The van der Waals surface area contributed by atoms with Crippen LogP contribution in [0.25, 0.3) is 11.0 Å². The second kappa shape index (κ2) is 8.87. The summed E-state index contributed by atoms with van der Waals surface area (Å²) in [6, 6.07) is 10.8. The van der Waals surface area contributed by atoms with Crippen molar-refractivity contribution in [2.24, 2.45) is 0 Å². The van der Waals surface area contributed by atoms with E-state index in [0.717, 1.165) is 0 Å². The molecule has 4 aromatic rings. The molecule has 158 valence electrons. The van der Waals surface area contributed by atoms with Crippen LogP contribution in [-0.4, -0.2) is 31.8 Å². The third-order valence-electron chi connectivity index (χ3n) is 4.65. The summed E-state index contributed by atoms with van der Waals surface area (Å²) in [6.45, 7) is 0.616. The van der Waals surface area contributed by atoms with Crippen molar-refractivity contribution in [1.29, 1.82) is 0 Å². The number of benzene rings is 2. The van der Waals surface area contributed by atoms with Crippen LogP contribution in [0.2, 0.25) is 10.0 Å². The summed E-state index contributed by atoms with van der Waals surface area (Å²) in [5, 5.41) is 7.99. The molecule has 0 unspecified atom stereocenters. The molecular weight excluding hydrogens is 444 g/mol. The molecule has 0 spiro atoms. The van der Waals surface area contributed by atoms with Gasteiger partial charge in [-0.3, -0.25) is 14.2 Å². The summed E-state index contributed by atoms with van der Waals surface area (Å²) in [4.78, 5) is 29.3. The van der Waals surface area contributed by atoms with Crippen LogP contribution in [0.4, 0.5) is 4.39 Å². The molecule has 7 nitrogen and oxygen atoms in total. The van der Waals surface area contributed by atoms with Gasteiger partial charge in [0.15, 0.2) is 5.65 Å². The molecule has 1 amide bonds. The number of hydrogen-bond acceptors (Lipinski definition) is 4. The molecule has 2 aromatic heterocycles. The van der Waals surface area contributed by atoms with Crippen LogP contribution >= 0.6 is 23.2 Å². The number of carbonyl (C=O) groups is 1. The summed E-state index contributed by atoms with van der Waals surface area (Å²) in [6.07, 6.45) is 2.78. The van der Waals surface area contributed by atoms with Crippen molar-refractivity contribution in [3.63, 3.8) is 0 Å². The van der Waals surface area contributed by atoms with E-state index < -0.39 is 0 Å². The molecule has 0 atom stereocenters. The van der Waals surface area contributed by atoms with Gasteiger partial charge in [-0.25, -0.2) is 14.1 Å². The Labute approximate surface area is 186 Å². The van der Waals surface area contributed by atoms with E-state index >= 15 is 0 Å². The summed E-state index contributed by atoms with van der Waals surface area (Å²) in [5.41, 5.74) is 0.797. The van der Waals surface area contributed by atoms with Gasteiger partial charge in [0.25, 0.3) is 11.5 Å². The Bertz CT molecular complexity index is 1310. The summed E-state index contributed by atoms with van der Waals surface area (Å²) < 4.78 is 16.7. The van der Waals surface area contributed by atoms with E-state index in [2.05, 4.69) is 15.4 Å². The molecule has 1 N–H and O–H groups in total. The molecule has 10 heteroatoms. The minimum atomic E-state index is -0.387. The molecule has 0 bridgehead atoms. The monoisotopic (exact) mass is 459 g/mol. The highest BCUT2D eigenvalue weighted by atomic mass is 35.5. The molecular formula is C21H16Cl2FN5O2. The average molecular weight is 460 g/mol. The lowest BCUT2D eigenvalue weighted by molar-refractivity contribution is 0.0952. The topological polar surface area (TPSA) is 81.8 Å². The minimum absolute atomic E-state index is 0.0673. The molecule has 4 rings (SSSR count). The lowest BCUT2D eigenvalue weighted by Gasteiger charge is -2.08. The standard InChI is InChI=1S/C21H16Cl2FN5O2/c22-15-7-14(8-16(23)9-15)20(30)25-5-6-29-19-17(10-27-29)21(31)28(12-26-19)11-13-3-1-2-4-18(13)24/h1-4,7-10,12H,5-6,11H2,(H,25,30). The number of hydrogen-bond donors (Lipinski definition) is 1. The quantitative estimate of drug-likeness (QED) is 0.478. The smallest absolute Gasteiger partial charge is 0.264 e. The predicted octanol–water partition coefficient (Wildman–Crippen LogP) is 3.52. The number of halogens is 3. The van der Waals surface area contributed by atoms with Gasteiger partial charge in [0.05, 0.1) is 19.3 Å². The van der Waals surface area contributed by atoms with E-state index in [4.69, 9.17) is 23.2 Å². The van der Waals surface area contributed by atoms with Crippen molar-refractivity contribution in [2.45, 2.75) is 13.1 Å². The average Bonchev–Trinajstić information content (AvgIpc) is 3.14. The van der Waals surface area contributed by atoms with Crippen molar-refractivity contribution in [3.05, 3.63) is 92.3 Å². The minimum Gasteiger partial charge on any atom is -0.350 e. The number of nitrogens with zero attached hydrogens (tertiary/aromatic N) is 4. The molecule has 31 heavy (non-hydrogen) atoms. The first-order chi connectivity index (χ1) is 14.9. The maximum atomic E-state index is 13.9. The highest BCUT2D eigenvalue weighted by Gasteiger charge is 2.12. The maximum Gasteiger partial charge on any atom is 0.264 e. The third-order valence-corrected chi connectivity index (χ3v) is 5.09. The van der Waals surface area contributed by atoms with Gasteiger partial charge in [-0.1, -0.05) is 41.4 Å². The lowest BCUT2D eigenvalue weighted by Crippen LogP contribution is -2.28. The molecule has 0 fully saturated rings. The Morgan fingerprint density at radius 2 is 1.87 bits per heavy atom. The number of carbonyl (C=O) groups excluding carboxylic acids is 1. The van der Waals surface area contributed by atoms with Crippen molar-refractivity contribution in [2.75, 3.05) is 6.54 Å². The van der Waals surface area contributed by atoms with Gasteiger partial charge >= 0.3 is 0 Å². The van der Waals surface area contributed by atoms with Gasteiger partial charge in [-0.2, -0.15) is 5.10 Å². The van der Waals surface area contributed by atoms with Crippen molar-refractivity contribution >= 4 is 40.1 Å². The number of fused-ring (bicyclic) bond motifs is 1. The summed E-state index contributed by atoms with van der Waals surface area (Å²) >= 11 is 11.8. The largest absolute Gasteiger partial charge is 0.350 e. The molecule has 0 aliphatic carbocycles. The second-order valence-electron chi connectivity index (χ2n) is 6.79. The normalized spacial score (nSPS) is 11.1. The second-order valence-corrected chi connectivity index (χ2v) is 7.66. The zero-order chi connectivity index (χ0) is 22.0. The van der Waals surface area contributed by atoms with Gasteiger partial charge in [0.2, 0.25) is 0 Å². The third kappa shape index (κ3) is 4.60. The first kappa shape index (κ1) is 21.0. The first-order valence-electron chi connectivity index (χ1n) is 9.31. The zero-order valence-electron chi connectivity index (χ0n) is 16.1. The molecule has 0 aliphatic heterocycles. The Morgan fingerprint density at radius 1 is 1.13 bits per heavy atom. The highest BCUT2D eigenvalue weighted by molar-refractivity contribution is 6.35. The summed E-state index contributed by atoms with van der Waals surface area (Å²) in [7, 11) is 0. The van der Waals surface area contributed by atoms with Crippen LogP contribution in [0.5, 0.6) is 0 Å². The number of amides is 1. The van der Waals surface area contributed by atoms with Crippen LogP contribution < -0.4 is 10.9 Å². The van der Waals surface area contributed by atoms with Crippen molar-refractivity contribution < 1.29 is 9.18 Å². The Morgan fingerprint density at radius 3 is 2.61 bits per heavy atom. The van der Waals surface area contributed by atoms with Crippen LogP contribution in [0.15, 0.2) is 59.8 Å². The van der Waals surface area contributed by atoms with Gasteiger partial charge in [-0.05, 0) is 24.3 Å². The zero-order valence-corrected chi connectivity index (χ0v) is 17.6. The summed E-state index contributed by atoms with van der Waals surface area (Å²) in [5.74, 6) is -0.719. The Balaban J connectivity index is 1.47. The fraction of sp³-hybridized carbons (Fsp3) is 0.143. The van der Waals surface area contributed by atoms with Crippen molar-refractivity contribution in [3.8, 4) is 0 Å². The fourth-order valence-corrected chi connectivity index (χ4v) is 3.67. The van der Waals surface area contributed by atoms with Crippen LogP contribution in [-0.2, 0) is 13.1 Å². The molecule has 0 aliphatic rings. The molecule has 2 heterocycles. The molecule has 0 saturated heterocycles. The lowest BCUT2D eigenvalue weighted by atomic mass is 10.2. The number of rotatable bonds is 6. The van der Waals surface area contributed by atoms with Gasteiger partial charge in [0, 0.05) is 27.7 Å². The van der Waals surface area contributed by atoms with E-state index in [1.165, 1.54) is 40.0 Å². The first-order valence-corrected chi connectivity index (χ1v) is 10.1. The van der Waals surface area contributed by atoms with E-state index in [9.17, 15) is 14.0 Å². The van der Waals surface area contributed by atoms with Crippen LogP contribution in [0, 0.1) is 5.82 Å². The SMILES string of the molecule is O=C(NCCn1ncc2c(=O)n(Cc3ccccc3F)cnc21)c1cc(Cl)cc(Cl)c1. The van der Waals surface area contributed by atoms with Crippen molar-refractivity contribution in [1.82, 2.24) is 24.6 Å². The highest BCUT2D eigenvalue weighted by Crippen LogP contribution is 2.19. The molecule has 2 aromatic carbocycles. The van der Waals surface area contributed by atoms with Crippen LogP contribution in [0.1, 0.15) is 15.9 Å². The van der Waals surface area contributed by atoms with E-state index in [1.807, 2.05) is 0 Å². The molecule has 0 radical (unpaired) electrons. The van der Waals surface area contributed by atoms with Gasteiger partial charge in [-0.15, -0.1) is 0 Å². The predicted molar refractivity (Wildman–Crippen MR) is 116 cm³/mol. The molecule has 0 saturated carbocycles. The van der Waals surface area contributed by atoms with E-state index in [-0.39, 0.29) is 30.4 Å². The fourth-order valence-electron chi connectivity index (χ4n) is 3.15. The van der Waals surface area contributed by atoms with Crippen LogP contribution in [0.3, 0.4) is 0 Å².